The molecule has 0 amide bonds. The Kier molecular flexibility index (Phi) is 4.57. The number of carboxylic acids is 1. The molecule has 0 radical (unpaired) electrons. The maximum Gasteiger partial charge on any atom is 0.335 e. The van der Waals surface area contributed by atoms with E-state index in [4.69, 9.17) is 10.1 Å². The topological polar surface area (TPSA) is 58.4 Å². The fourth-order valence-electron chi connectivity index (χ4n) is 4.15. The molecular weight excluding hydrogens is 314 g/mol. The molecule has 1 aromatic heterocycles. The van der Waals surface area contributed by atoms with E-state index in [1.165, 1.54) is 36.3 Å². The van der Waals surface area contributed by atoms with Gasteiger partial charge in [-0.05, 0) is 62.9 Å². The third-order valence-electron chi connectivity index (χ3n) is 5.59. The molecule has 5 heteroatoms. The highest BCUT2D eigenvalue weighted by Crippen LogP contribution is 2.30. The van der Waals surface area contributed by atoms with Crippen molar-refractivity contribution in [1.29, 1.82) is 0 Å². The lowest BCUT2D eigenvalue weighted by molar-refractivity contribution is 0.0697. The van der Waals surface area contributed by atoms with Crippen molar-refractivity contribution in [3.63, 3.8) is 0 Å². The van der Waals surface area contributed by atoms with Crippen molar-refractivity contribution in [2.45, 2.75) is 51.1 Å². The Hall–Kier alpha value is -2.14. The second kappa shape index (κ2) is 7.00. The minimum Gasteiger partial charge on any atom is -0.478 e. The summed E-state index contributed by atoms with van der Waals surface area (Å²) in [4.78, 5) is 18.1. The Balaban J connectivity index is 1.35. The van der Waals surface area contributed by atoms with Crippen molar-refractivity contribution in [1.82, 2.24) is 14.5 Å². The minimum atomic E-state index is -0.865. The first-order valence-corrected chi connectivity index (χ1v) is 9.29. The number of fused-ring (bicyclic) bond motifs is 1. The summed E-state index contributed by atoms with van der Waals surface area (Å²) in [7, 11) is 0. The molecule has 0 bridgehead atoms. The van der Waals surface area contributed by atoms with Gasteiger partial charge in [0.15, 0.2) is 0 Å². The maximum absolute atomic E-state index is 10.9. The first-order valence-electron chi connectivity index (χ1n) is 9.29. The second-order valence-electron chi connectivity index (χ2n) is 7.27. The molecule has 0 atom stereocenters. The van der Waals surface area contributed by atoms with Crippen molar-refractivity contribution in [2.75, 3.05) is 13.1 Å². The minimum absolute atomic E-state index is 0.353. The predicted molar refractivity (Wildman–Crippen MR) is 95.8 cm³/mol. The van der Waals surface area contributed by atoms with Crippen LogP contribution in [0.1, 0.15) is 59.0 Å². The normalized spacial score (nSPS) is 18.9. The fraction of sp³-hybridized carbons (Fsp3) is 0.500. The predicted octanol–water partition coefficient (Wildman–Crippen LogP) is 3.30. The average molecular weight is 339 g/mol. The van der Waals surface area contributed by atoms with Gasteiger partial charge in [-0.25, -0.2) is 9.78 Å². The molecule has 2 aliphatic rings. The number of piperidine rings is 1. The number of rotatable bonds is 4. The molecule has 0 saturated carbocycles. The van der Waals surface area contributed by atoms with Crippen LogP contribution >= 0.6 is 0 Å². The van der Waals surface area contributed by atoms with Crippen LogP contribution in [0.3, 0.4) is 0 Å². The van der Waals surface area contributed by atoms with Crippen LogP contribution in [0.2, 0.25) is 0 Å². The molecule has 1 fully saturated rings. The lowest BCUT2D eigenvalue weighted by Crippen LogP contribution is -2.33. The summed E-state index contributed by atoms with van der Waals surface area (Å²) in [6.45, 7) is 4.19. The molecule has 3 heterocycles. The molecule has 0 aliphatic carbocycles. The number of likely N-dealkylation sites (tertiary alicyclic amines) is 1. The largest absolute Gasteiger partial charge is 0.478 e. The summed E-state index contributed by atoms with van der Waals surface area (Å²) in [6.07, 6.45) is 8.15. The van der Waals surface area contributed by atoms with Gasteiger partial charge in [0, 0.05) is 30.9 Å². The zero-order valence-corrected chi connectivity index (χ0v) is 14.5. The molecule has 4 rings (SSSR count). The van der Waals surface area contributed by atoms with E-state index in [0.29, 0.717) is 11.5 Å². The number of nitrogens with zero attached hydrogens (tertiary/aromatic N) is 3. The zero-order valence-electron chi connectivity index (χ0n) is 14.5. The lowest BCUT2D eigenvalue weighted by Gasteiger charge is -2.32. The summed E-state index contributed by atoms with van der Waals surface area (Å²) in [5, 5.41) is 8.98. The first-order chi connectivity index (χ1) is 12.2. The summed E-state index contributed by atoms with van der Waals surface area (Å²) in [6, 6.07) is 7.25. The summed E-state index contributed by atoms with van der Waals surface area (Å²) in [5.41, 5.74) is 2.95. The maximum atomic E-state index is 10.9. The number of imidazole rings is 1. The van der Waals surface area contributed by atoms with Gasteiger partial charge in [0.2, 0.25) is 0 Å². The van der Waals surface area contributed by atoms with E-state index in [2.05, 4.69) is 15.7 Å². The molecule has 2 aliphatic heterocycles. The Morgan fingerprint density at radius 3 is 2.60 bits per heavy atom. The van der Waals surface area contributed by atoms with Crippen molar-refractivity contribution in [3.8, 4) is 0 Å². The average Bonchev–Trinajstić information content (AvgIpc) is 3.07. The standard InChI is InChI=1S/C20H25N3O2/c24-20(25)17-6-4-15(5-7-17)14-22-11-8-16(9-12-22)19-21-13-18-3-1-2-10-23(18)19/h4-7,13,16H,1-3,8-12,14H2,(H,24,25). The van der Waals surface area contributed by atoms with E-state index in [-0.39, 0.29) is 0 Å². The molecule has 1 N–H and O–H groups in total. The summed E-state index contributed by atoms with van der Waals surface area (Å²) >= 11 is 0. The van der Waals surface area contributed by atoms with E-state index in [1.54, 1.807) is 12.1 Å². The number of aromatic nitrogens is 2. The lowest BCUT2D eigenvalue weighted by atomic mass is 9.95. The van der Waals surface area contributed by atoms with Crippen LogP contribution in [0, 0.1) is 0 Å². The third kappa shape index (κ3) is 3.47. The molecule has 132 valence electrons. The quantitative estimate of drug-likeness (QED) is 0.928. The Morgan fingerprint density at radius 1 is 1.12 bits per heavy atom. The number of carbonyl (C=O) groups is 1. The number of hydrogen-bond acceptors (Lipinski definition) is 3. The highest BCUT2D eigenvalue weighted by Gasteiger charge is 2.26. The Morgan fingerprint density at radius 2 is 1.88 bits per heavy atom. The van der Waals surface area contributed by atoms with Gasteiger partial charge in [0.1, 0.15) is 5.82 Å². The highest BCUT2D eigenvalue weighted by atomic mass is 16.4. The van der Waals surface area contributed by atoms with Gasteiger partial charge in [0.05, 0.1) is 5.56 Å². The zero-order chi connectivity index (χ0) is 17.2. The SMILES string of the molecule is O=C(O)c1ccc(CN2CCC(c3ncc4n3CCCC4)CC2)cc1. The van der Waals surface area contributed by atoms with Gasteiger partial charge in [-0.1, -0.05) is 12.1 Å². The molecule has 0 unspecified atom stereocenters. The second-order valence-corrected chi connectivity index (χ2v) is 7.27. The van der Waals surface area contributed by atoms with Crippen LogP contribution in [-0.4, -0.2) is 38.6 Å². The first kappa shape index (κ1) is 16.3. The molecule has 25 heavy (non-hydrogen) atoms. The van der Waals surface area contributed by atoms with Crippen LogP contribution in [-0.2, 0) is 19.5 Å². The van der Waals surface area contributed by atoms with Gasteiger partial charge in [-0.3, -0.25) is 4.90 Å². The summed E-state index contributed by atoms with van der Waals surface area (Å²) < 4.78 is 2.47. The third-order valence-corrected chi connectivity index (χ3v) is 5.59. The number of benzene rings is 1. The van der Waals surface area contributed by atoms with Crippen molar-refractivity contribution < 1.29 is 9.90 Å². The van der Waals surface area contributed by atoms with Crippen LogP contribution in [0.4, 0.5) is 0 Å². The van der Waals surface area contributed by atoms with E-state index < -0.39 is 5.97 Å². The van der Waals surface area contributed by atoms with E-state index in [1.807, 2.05) is 12.1 Å². The summed E-state index contributed by atoms with van der Waals surface area (Å²) in [5.74, 6) is 1.02. The Bertz CT molecular complexity index is 743. The molecular formula is C20H25N3O2. The highest BCUT2D eigenvalue weighted by molar-refractivity contribution is 5.87. The number of hydrogen-bond donors (Lipinski definition) is 1. The van der Waals surface area contributed by atoms with Gasteiger partial charge in [-0.2, -0.15) is 0 Å². The number of carboxylic acid groups (broad SMARTS) is 1. The number of aromatic carboxylic acids is 1. The van der Waals surface area contributed by atoms with Gasteiger partial charge in [-0.15, -0.1) is 0 Å². The van der Waals surface area contributed by atoms with Crippen molar-refractivity contribution in [3.05, 3.63) is 53.1 Å². The van der Waals surface area contributed by atoms with Gasteiger partial charge < -0.3 is 9.67 Å². The smallest absolute Gasteiger partial charge is 0.335 e. The van der Waals surface area contributed by atoms with Crippen LogP contribution in [0.5, 0.6) is 0 Å². The monoisotopic (exact) mass is 339 g/mol. The Labute approximate surface area is 148 Å². The number of aryl methyl sites for hydroxylation is 1. The molecule has 2 aromatic rings. The van der Waals surface area contributed by atoms with E-state index >= 15 is 0 Å². The molecule has 1 aromatic carbocycles. The van der Waals surface area contributed by atoms with Crippen LogP contribution in [0.25, 0.3) is 0 Å². The van der Waals surface area contributed by atoms with E-state index in [0.717, 1.165) is 39.0 Å². The van der Waals surface area contributed by atoms with Crippen LogP contribution < -0.4 is 0 Å². The van der Waals surface area contributed by atoms with Crippen molar-refractivity contribution >= 4 is 5.97 Å². The van der Waals surface area contributed by atoms with Crippen LogP contribution in [0.15, 0.2) is 30.5 Å². The van der Waals surface area contributed by atoms with Crippen molar-refractivity contribution in [2.24, 2.45) is 0 Å². The molecule has 5 nitrogen and oxygen atoms in total. The fourth-order valence-corrected chi connectivity index (χ4v) is 4.15. The molecule has 1 saturated heterocycles. The van der Waals surface area contributed by atoms with Gasteiger partial charge in [0.25, 0.3) is 0 Å². The van der Waals surface area contributed by atoms with Gasteiger partial charge >= 0.3 is 5.97 Å². The molecule has 0 spiro atoms. The van der Waals surface area contributed by atoms with E-state index in [9.17, 15) is 4.79 Å².